The van der Waals surface area contributed by atoms with Crippen molar-refractivity contribution < 1.29 is 14.0 Å². The molecule has 3 heterocycles. The highest BCUT2D eigenvalue weighted by molar-refractivity contribution is 6.06. The molecule has 8 nitrogen and oxygen atoms in total. The van der Waals surface area contributed by atoms with Crippen LogP contribution < -0.4 is 15.8 Å². The summed E-state index contributed by atoms with van der Waals surface area (Å²) >= 11 is 0. The van der Waals surface area contributed by atoms with Crippen LogP contribution in [0.25, 0.3) is 11.1 Å². The van der Waals surface area contributed by atoms with Gasteiger partial charge in [-0.1, -0.05) is 12.1 Å². The van der Waals surface area contributed by atoms with Crippen LogP contribution in [0.3, 0.4) is 0 Å². The molecule has 2 N–H and O–H groups in total. The number of hydrogen-bond acceptors (Lipinski definition) is 5. The van der Waals surface area contributed by atoms with Gasteiger partial charge in [0, 0.05) is 25.2 Å². The van der Waals surface area contributed by atoms with Gasteiger partial charge < -0.3 is 19.6 Å². The van der Waals surface area contributed by atoms with Crippen LogP contribution in [-0.4, -0.2) is 28.3 Å². The molecule has 1 aliphatic rings. The van der Waals surface area contributed by atoms with E-state index in [1.165, 1.54) is 6.33 Å². The fourth-order valence-electron chi connectivity index (χ4n) is 3.31. The van der Waals surface area contributed by atoms with Crippen LogP contribution >= 0.6 is 0 Å². The van der Waals surface area contributed by atoms with Gasteiger partial charge in [-0.2, -0.15) is 0 Å². The first-order chi connectivity index (χ1) is 13.0. The molecule has 8 heteroatoms. The molecule has 4 rings (SSSR count). The van der Waals surface area contributed by atoms with E-state index in [4.69, 9.17) is 4.42 Å². The van der Waals surface area contributed by atoms with Crippen LogP contribution in [0.4, 0.5) is 5.69 Å². The second-order valence-electron chi connectivity index (χ2n) is 6.44. The summed E-state index contributed by atoms with van der Waals surface area (Å²) in [5, 5.41) is 2.95. The Balaban J connectivity index is 1.49. The van der Waals surface area contributed by atoms with Crippen molar-refractivity contribution in [3.05, 3.63) is 57.8 Å². The molecule has 0 saturated carbocycles. The number of H-pyrrole nitrogens is 1. The number of furan rings is 1. The van der Waals surface area contributed by atoms with Crippen LogP contribution in [0, 0.1) is 6.92 Å². The van der Waals surface area contributed by atoms with Crippen molar-refractivity contribution in [2.24, 2.45) is 0 Å². The highest BCUT2D eigenvalue weighted by Gasteiger charge is 2.22. The van der Waals surface area contributed by atoms with E-state index in [0.717, 1.165) is 24.2 Å². The highest BCUT2D eigenvalue weighted by atomic mass is 16.3. The van der Waals surface area contributed by atoms with Gasteiger partial charge in [0.2, 0.25) is 11.6 Å². The number of amides is 2. The monoisotopic (exact) mass is 366 g/mol. The molecule has 3 aromatic rings. The number of aromatic nitrogens is 2. The van der Waals surface area contributed by atoms with Gasteiger partial charge in [0.25, 0.3) is 11.5 Å². The maximum Gasteiger partial charge on any atom is 0.262 e. The van der Waals surface area contributed by atoms with E-state index in [1.807, 2.05) is 24.3 Å². The summed E-state index contributed by atoms with van der Waals surface area (Å²) in [7, 11) is 0. The summed E-state index contributed by atoms with van der Waals surface area (Å²) in [6.45, 7) is 2.65. The second kappa shape index (κ2) is 6.71. The molecule has 0 bridgehead atoms. The van der Waals surface area contributed by atoms with Crippen molar-refractivity contribution >= 4 is 28.6 Å². The van der Waals surface area contributed by atoms with Crippen molar-refractivity contribution in [2.75, 3.05) is 11.4 Å². The Morgan fingerprint density at radius 2 is 2.07 bits per heavy atom. The van der Waals surface area contributed by atoms with Gasteiger partial charge in [-0.3, -0.25) is 14.4 Å². The smallest absolute Gasteiger partial charge is 0.262 e. The SMILES string of the molecule is Cc1oc2nc[nH]c(=O)c2c1C(=O)NCc1ccc(N2CCCC2=O)cc1. The number of anilines is 1. The summed E-state index contributed by atoms with van der Waals surface area (Å²) in [6.07, 6.45) is 2.70. The Morgan fingerprint density at radius 3 is 2.78 bits per heavy atom. The van der Waals surface area contributed by atoms with Crippen molar-refractivity contribution in [1.82, 2.24) is 15.3 Å². The van der Waals surface area contributed by atoms with Gasteiger partial charge in [-0.15, -0.1) is 0 Å². The Labute approximate surface area is 154 Å². The highest BCUT2D eigenvalue weighted by Crippen LogP contribution is 2.22. The van der Waals surface area contributed by atoms with Crippen LogP contribution in [-0.2, 0) is 11.3 Å². The molecular weight excluding hydrogens is 348 g/mol. The fourth-order valence-corrected chi connectivity index (χ4v) is 3.31. The predicted molar refractivity (Wildman–Crippen MR) is 98.6 cm³/mol. The Hall–Kier alpha value is -3.42. The van der Waals surface area contributed by atoms with Gasteiger partial charge in [-0.05, 0) is 31.0 Å². The number of hydrogen-bond donors (Lipinski definition) is 2. The number of fused-ring (bicyclic) bond motifs is 1. The average Bonchev–Trinajstić information content (AvgIpc) is 3.23. The lowest BCUT2D eigenvalue weighted by atomic mass is 10.1. The fraction of sp³-hybridized carbons (Fsp3) is 0.263. The molecule has 0 unspecified atom stereocenters. The van der Waals surface area contributed by atoms with Gasteiger partial charge in [0.1, 0.15) is 11.1 Å². The number of carbonyl (C=O) groups excluding carboxylic acids is 2. The number of aromatic amines is 1. The van der Waals surface area contributed by atoms with E-state index in [2.05, 4.69) is 15.3 Å². The summed E-state index contributed by atoms with van der Waals surface area (Å²) in [5.74, 6) is 0.0790. The lowest BCUT2D eigenvalue weighted by Crippen LogP contribution is -2.25. The molecule has 0 spiro atoms. The van der Waals surface area contributed by atoms with E-state index in [1.54, 1.807) is 11.8 Å². The molecule has 2 amide bonds. The minimum Gasteiger partial charge on any atom is -0.442 e. The Kier molecular flexibility index (Phi) is 4.23. The molecule has 0 radical (unpaired) electrons. The lowest BCUT2D eigenvalue weighted by molar-refractivity contribution is -0.117. The van der Waals surface area contributed by atoms with Crippen molar-refractivity contribution in [3.8, 4) is 0 Å². The molecule has 138 valence electrons. The number of rotatable bonds is 4. The Bertz CT molecular complexity index is 1080. The van der Waals surface area contributed by atoms with Gasteiger partial charge in [-0.25, -0.2) is 4.98 Å². The topological polar surface area (TPSA) is 108 Å². The number of aryl methyl sites for hydroxylation is 1. The number of nitrogens with zero attached hydrogens (tertiary/aromatic N) is 2. The maximum absolute atomic E-state index is 12.6. The zero-order chi connectivity index (χ0) is 19.0. The summed E-state index contributed by atoms with van der Waals surface area (Å²) < 4.78 is 5.41. The van der Waals surface area contributed by atoms with Gasteiger partial charge >= 0.3 is 0 Å². The summed E-state index contributed by atoms with van der Waals surface area (Å²) in [5.41, 5.74) is 1.67. The van der Waals surface area contributed by atoms with Crippen LogP contribution in [0.2, 0.25) is 0 Å². The Morgan fingerprint density at radius 1 is 1.30 bits per heavy atom. The summed E-state index contributed by atoms with van der Waals surface area (Å²) in [6, 6.07) is 7.49. The van der Waals surface area contributed by atoms with E-state index in [9.17, 15) is 14.4 Å². The zero-order valence-corrected chi connectivity index (χ0v) is 14.7. The molecule has 1 fully saturated rings. The van der Waals surface area contributed by atoms with Crippen molar-refractivity contribution in [3.63, 3.8) is 0 Å². The van der Waals surface area contributed by atoms with Gasteiger partial charge in [0.15, 0.2) is 0 Å². The molecular formula is C19H18N4O4. The minimum absolute atomic E-state index is 0.136. The molecule has 27 heavy (non-hydrogen) atoms. The van der Waals surface area contributed by atoms with Crippen LogP contribution in [0.15, 0.2) is 39.8 Å². The van der Waals surface area contributed by atoms with Crippen molar-refractivity contribution in [2.45, 2.75) is 26.3 Å². The number of benzene rings is 1. The summed E-state index contributed by atoms with van der Waals surface area (Å²) in [4.78, 5) is 44.6. The third kappa shape index (κ3) is 3.10. The largest absolute Gasteiger partial charge is 0.442 e. The van der Waals surface area contributed by atoms with E-state index < -0.39 is 11.5 Å². The third-order valence-corrected chi connectivity index (χ3v) is 4.67. The molecule has 0 aliphatic carbocycles. The average molecular weight is 366 g/mol. The first kappa shape index (κ1) is 17.0. The first-order valence-electron chi connectivity index (χ1n) is 8.69. The predicted octanol–water partition coefficient (Wildman–Crippen LogP) is 1.88. The van der Waals surface area contributed by atoms with E-state index in [0.29, 0.717) is 12.2 Å². The maximum atomic E-state index is 12.6. The number of nitrogens with one attached hydrogen (secondary N) is 2. The molecule has 0 atom stereocenters. The quantitative estimate of drug-likeness (QED) is 0.733. The molecule has 1 aliphatic heterocycles. The normalized spacial score (nSPS) is 14.1. The van der Waals surface area contributed by atoms with Gasteiger partial charge in [0.05, 0.1) is 11.9 Å². The van der Waals surface area contributed by atoms with Crippen molar-refractivity contribution in [1.29, 1.82) is 0 Å². The van der Waals surface area contributed by atoms with Crippen LogP contribution in [0.1, 0.15) is 34.5 Å². The zero-order valence-electron chi connectivity index (χ0n) is 14.7. The van der Waals surface area contributed by atoms with Crippen LogP contribution in [0.5, 0.6) is 0 Å². The first-order valence-corrected chi connectivity index (χ1v) is 8.69. The number of carbonyl (C=O) groups is 2. The lowest BCUT2D eigenvalue weighted by Gasteiger charge is -2.16. The standard InChI is InChI=1S/C19H18N4O4/c1-11-15(16-18(26)21-10-22-19(16)27-11)17(25)20-9-12-4-6-13(7-5-12)23-8-2-3-14(23)24/h4-7,10H,2-3,8-9H2,1H3,(H,20,25)(H,21,22,26). The minimum atomic E-state index is -0.415. The molecule has 2 aromatic heterocycles. The van der Waals surface area contributed by atoms with E-state index >= 15 is 0 Å². The molecule has 1 aromatic carbocycles. The molecule has 1 saturated heterocycles. The second-order valence-corrected chi connectivity index (χ2v) is 6.44. The third-order valence-electron chi connectivity index (χ3n) is 4.67. The van der Waals surface area contributed by atoms with E-state index in [-0.39, 0.29) is 29.1 Å².